The molecule has 1 N–H and O–H groups in total. The van der Waals surface area contributed by atoms with Gasteiger partial charge in [-0.25, -0.2) is 9.59 Å². The van der Waals surface area contributed by atoms with E-state index in [0.717, 1.165) is 32.2 Å². The van der Waals surface area contributed by atoms with Crippen molar-refractivity contribution in [2.45, 2.75) is 25.7 Å². The maximum atomic E-state index is 13.3. The van der Waals surface area contributed by atoms with Crippen LogP contribution in [0.15, 0.2) is 84.9 Å². The van der Waals surface area contributed by atoms with E-state index in [1.54, 1.807) is 7.11 Å². The summed E-state index contributed by atoms with van der Waals surface area (Å²) >= 11 is 1.44. The van der Waals surface area contributed by atoms with Crippen molar-refractivity contribution < 1.29 is 33.3 Å². The van der Waals surface area contributed by atoms with E-state index in [-0.39, 0.29) is 19.6 Å². The largest absolute Gasteiger partial charge is 0.497 e. The molecule has 1 aliphatic heterocycles. The quantitative estimate of drug-likeness (QED) is 0.247. The van der Waals surface area contributed by atoms with E-state index >= 15 is 0 Å². The van der Waals surface area contributed by atoms with Gasteiger partial charge in [0.25, 0.3) is 0 Å². The summed E-state index contributed by atoms with van der Waals surface area (Å²) in [4.78, 5) is 27.5. The van der Waals surface area contributed by atoms with Crippen LogP contribution >= 0.6 is 11.3 Å². The van der Waals surface area contributed by atoms with Gasteiger partial charge in [0.2, 0.25) is 0 Å². The molecule has 1 aromatic heterocycles. The first-order chi connectivity index (χ1) is 19.6. The molecule has 9 heteroatoms. The first kappa shape index (κ1) is 27.1. The van der Waals surface area contributed by atoms with Gasteiger partial charge in [-0.3, -0.25) is 0 Å². The summed E-state index contributed by atoms with van der Waals surface area (Å²) in [7, 11) is 1.62. The molecule has 0 unspecified atom stereocenters. The molecule has 3 aromatic carbocycles. The fraction of sp³-hybridized carbons (Fsp3) is 0.226. The third-order valence-corrected chi connectivity index (χ3v) is 7.41. The molecule has 2 heterocycles. The molecule has 0 radical (unpaired) electrons. The molecule has 1 atom stereocenters. The minimum Gasteiger partial charge on any atom is -0.497 e. The number of hydrogen-bond donors (Lipinski definition) is 1. The predicted octanol–water partition coefficient (Wildman–Crippen LogP) is 5.78. The molecule has 8 nitrogen and oxygen atoms in total. The highest BCUT2D eigenvalue weighted by Gasteiger charge is 2.28. The van der Waals surface area contributed by atoms with Crippen molar-refractivity contribution in [2.75, 3.05) is 20.3 Å². The summed E-state index contributed by atoms with van der Waals surface area (Å²) in [6.07, 6.45) is -0.451. The van der Waals surface area contributed by atoms with Crippen molar-refractivity contribution in [3.63, 3.8) is 0 Å². The second-order valence-corrected chi connectivity index (χ2v) is 10.1. The topological polar surface area (TPSA) is 92.3 Å². The SMILES string of the molecule is COc1ccc(-c2sc(COC(=O)[C@H](Cc3ccccc3)NC(=O)OCc3ccccc3)c3c2OCCO3)cc1. The molecule has 0 saturated heterocycles. The Bertz CT molecular complexity index is 1420. The average Bonchev–Trinajstić information content (AvgIpc) is 3.38. The molecule has 4 aromatic rings. The molecule has 5 rings (SSSR count). The van der Waals surface area contributed by atoms with Crippen LogP contribution in [-0.4, -0.2) is 38.4 Å². The molecule has 1 aliphatic rings. The lowest BCUT2D eigenvalue weighted by Gasteiger charge is -2.19. The summed E-state index contributed by atoms with van der Waals surface area (Å²) < 4.78 is 28.2. The first-order valence-corrected chi connectivity index (χ1v) is 13.7. The van der Waals surface area contributed by atoms with Crippen molar-refractivity contribution >= 4 is 23.4 Å². The van der Waals surface area contributed by atoms with Crippen LogP contribution in [-0.2, 0) is 33.9 Å². The van der Waals surface area contributed by atoms with Gasteiger partial charge >= 0.3 is 12.1 Å². The van der Waals surface area contributed by atoms with E-state index in [2.05, 4.69) is 5.32 Å². The number of methoxy groups -OCH3 is 1. The smallest absolute Gasteiger partial charge is 0.408 e. The van der Waals surface area contributed by atoms with E-state index < -0.39 is 18.1 Å². The summed E-state index contributed by atoms with van der Waals surface area (Å²) in [5.74, 6) is 1.38. The monoisotopic (exact) mass is 559 g/mol. The number of thiophene rings is 1. The van der Waals surface area contributed by atoms with Gasteiger partial charge in [-0.05, 0) is 41.0 Å². The molecule has 0 spiro atoms. The Morgan fingerprint density at radius 2 is 1.48 bits per heavy atom. The number of nitrogens with one attached hydrogen (secondary N) is 1. The number of carbonyl (C=O) groups is 2. The maximum absolute atomic E-state index is 13.3. The predicted molar refractivity (Wildman–Crippen MR) is 151 cm³/mol. The number of benzene rings is 3. The second-order valence-electron chi connectivity index (χ2n) is 8.99. The van der Waals surface area contributed by atoms with E-state index in [4.69, 9.17) is 23.7 Å². The molecule has 0 bridgehead atoms. The molecule has 40 heavy (non-hydrogen) atoms. The fourth-order valence-electron chi connectivity index (χ4n) is 4.23. The highest BCUT2D eigenvalue weighted by molar-refractivity contribution is 7.16. The average molecular weight is 560 g/mol. The zero-order chi connectivity index (χ0) is 27.7. The highest BCUT2D eigenvalue weighted by atomic mass is 32.1. The van der Waals surface area contributed by atoms with Crippen LogP contribution in [0, 0.1) is 0 Å². The van der Waals surface area contributed by atoms with Crippen molar-refractivity contribution in [3.8, 4) is 27.7 Å². The molecular formula is C31H29NO7S. The lowest BCUT2D eigenvalue weighted by molar-refractivity contribution is -0.147. The Morgan fingerprint density at radius 3 is 2.15 bits per heavy atom. The number of ether oxygens (including phenoxy) is 5. The molecule has 0 fully saturated rings. The second kappa shape index (κ2) is 13.0. The number of amides is 1. The van der Waals surface area contributed by atoms with Gasteiger partial charge < -0.3 is 29.0 Å². The molecule has 0 saturated carbocycles. The number of fused-ring (bicyclic) bond motifs is 1. The Balaban J connectivity index is 1.29. The van der Waals surface area contributed by atoms with Gasteiger partial charge in [-0.15, -0.1) is 11.3 Å². The van der Waals surface area contributed by atoms with Crippen LogP contribution in [0.3, 0.4) is 0 Å². The summed E-state index contributed by atoms with van der Waals surface area (Å²) in [6, 6.07) is 25.4. The Kier molecular flexibility index (Phi) is 8.83. The third-order valence-electron chi connectivity index (χ3n) is 6.24. The molecule has 0 aliphatic carbocycles. The van der Waals surface area contributed by atoms with Gasteiger partial charge in [0, 0.05) is 6.42 Å². The van der Waals surface area contributed by atoms with Crippen LogP contribution in [0.2, 0.25) is 0 Å². The molecule has 206 valence electrons. The number of hydrogen-bond acceptors (Lipinski definition) is 8. The van der Waals surface area contributed by atoms with Gasteiger partial charge in [0.1, 0.15) is 38.2 Å². The fourth-order valence-corrected chi connectivity index (χ4v) is 5.33. The van der Waals surface area contributed by atoms with E-state index in [1.807, 2.05) is 84.9 Å². The summed E-state index contributed by atoms with van der Waals surface area (Å²) in [5, 5.41) is 2.68. The van der Waals surface area contributed by atoms with Crippen LogP contribution < -0.4 is 19.5 Å². The van der Waals surface area contributed by atoms with Crippen LogP contribution in [0.25, 0.3) is 10.4 Å². The zero-order valence-electron chi connectivity index (χ0n) is 22.0. The first-order valence-electron chi connectivity index (χ1n) is 12.8. The number of rotatable bonds is 10. The van der Waals surface area contributed by atoms with E-state index in [1.165, 1.54) is 11.3 Å². The summed E-state index contributed by atoms with van der Waals surface area (Å²) in [6.45, 7) is 0.891. The van der Waals surface area contributed by atoms with Crippen LogP contribution in [0.4, 0.5) is 4.79 Å². The standard InChI is InChI=1S/C31H29NO7S/c1-35-24-14-12-23(13-15-24)29-28-27(36-16-17-37-28)26(40-29)20-38-30(33)25(18-21-8-4-2-5-9-21)32-31(34)39-19-22-10-6-3-7-11-22/h2-15,25H,16-20H2,1H3,(H,32,34)/t25-/m0/s1. The van der Waals surface area contributed by atoms with Crippen molar-refractivity contribution in [1.29, 1.82) is 0 Å². The Hall–Kier alpha value is -4.50. The zero-order valence-corrected chi connectivity index (χ0v) is 22.8. The third kappa shape index (κ3) is 6.73. The Morgan fingerprint density at radius 1 is 0.825 bits per heavy atom. The lowest BCUT2D eigenvalue weighted by Crippen LogP contribution is -2.43. The lowest BCUT2D eigenvalue weighted by atomic mass is 10.1. The van der Waals surface area contributed by atoms with Crippen LogP contribution in [0.5, 0.6) is 17.2 Å². The van der Waals surface area contributed by atoms with Crippen LogP contribution in [0.1, 0.15) is 16.0 Å². The Labute approximate surface area is 236 Å². The number of alkyl carbamates (subject to hydrolysis) is 1. The normalized spacial score (nSPS) is 12.7. The van der Waals surface area contributed by atoms with Crippen molar-refractivity contribution in [1.82, 2.24) is 5.32 Å². The van der Waals surface area contributed by atoms with E-state index in [9.17, 15) is 9.59 Å². The maximum Gasteiger partial charge on any atom is 0.408 e. The minimum atomic E-state index is -0.945. The minimum absolute atomic E-state index is 0.0304. The molecular weight excluding hydrogens is 530 g/mol. The van der Waals surface area contributed by atoms with Gasteiger partial charge in [0.05, 0.1) is 16.9 Å². The number of carbonyl (C=O) groups excluding carboxylic acids is 2. The van der Waals surface area contributed by atoms with E-state index in [0.29, 0.717) is 24.7 Å². The molecule has 1 amide bonds. The van der Waals surface area contributed by atoms with Gasteiger partial charge in [-0.1, -0.05) is 60.7 Å². The van der Waals surface area contributed by atoms with Gasteiger partial charge in [-0.2, -0.15) is 0 Å². The van der Waals surface area contributed by atoms with Gasteiger partial charge in [0.15, 0.2) is 11.5 Å². The highest BCUT2D eigenvalue weighted by Crippen LogP contribution is 2.49. The summed E-state index contributed by atoms with van der Waals surface area (Å²) in [5.41, 5.74) is 2.66. The van der Waals surface area contributed by atoms with Crippen molar-refractivity contribution in [2.24, 2.45) is 0 Å². The number of esters is 1. The van der Waals surface area contributed by atoms with Crippen molar-refractivity contribution in [3.05, 3.63) is 101 Å².